The van der Waals surface area contributed by atoms with Gasteiger partial charge in [0.15, 0.2) is 6.04 Å². The van der Waals surface area contributed by atoms with E-state index in [-0.39, 0.29) is 11.3 Å². The summed E-state index contributed by atoms with van der Waals surface area (Å²) in [6.07, 6.45) is 1.05. The topological polar surface area (TPSA) is 113 Å². The molecule has 0 saturated carbocycles. The SMILES string of the molecule is CC1CC(C)CN(c2ccc(C(=O)NC(CF)C(=O)O)cc2[N+](=O)[O-])C1. The monoisotopic (exact) mass is 367 g/mol. The molecule has 1 heterocycles. The molecule has 0 spiro atoms. The van der Waals surface area contributed by atoms with E-state index in [1.807, 2.05) is 10.2 Å². The lowest BCUT2D eigenvalue weighted by Gasteiger charge is -2.36. The van der Waals surface area contributed by atoms with Gasteiger partial charge >= 0.3 is 5.97 Å². The zero-order valence-electron chi connectivity index (χ0n) is 14.6. The van der Waals surface area contributed by atoms with Crippen molar-refractivity contribution in [3.05, 3.63) is 33.9 Å². The summed E-state index contributed by atoms with van der Waals surface area (Å²) in [6.45, 7) is 4.25. The molecule has 142 valence electrons. The molecule has 2 rings (SSSR count). The Bertz CT molecular complexity index is 702. The second-order valence-corrected chi connectivity index (χ2v) is 6.83. The van der Waals surface area contributed by atoms with Crippen LogP contribution in [0, 0.1) is 22.0 Å². The van der Waals surface area contributed by atoms with Crippen LogP contribution in [0.2, 0.25) is 0 Å². The summed E-state index contributed by atoms with van der Waals surface area (Å²) in [5, 5.41) is 22.3. The number of carbonyl (C=O) groups is 2. The Labute approximate surface area is 150 Å². The van der Waals surface area contributed by atoms with Crippen LogP contribution >= 0.6 is 0 Å². The van der Waals surface area contributed by atoms with Crippen molar-refractivity contribution in [3.63, 3.8) is 0 Å². The highest BCUT2D eigenvalue weighted by Gasteiger charge is 2.28. The Balaban J connectivity index is 2.30. The van der Waals surface area contributed by atoms with Crippen molar-refractivity contribution in [1.29, 1.82) is 0 Å². The highest BCUT2D eigenvalue weighted by Crippen LogP contribution is 2.33. The lowest BCUT2D eigenvalue weighted by Crippen LogP contribution is -2.42. The molecule has 3 atom stereocenters. The molecule has 0 bridgehead atoms. The number of carboxylic acids is 1. The maximum Gasteiger partial charge on any atom is 0.328 e. The van der Waals surface area contributed by atoms with E-state index in [1.165, 1.54) is 12.1 Å². The molecule has 2 N–H and O–H groups in total. The highest BCUT2D eigenvalue weighted by molar-refractivity contribution is 5.97. The number of nitrogens with zero attached hydrogens (tertiary/aromatic N) is 2. The fourth-order valence-electron chi connectivity index (χ4n) is 3.35. The van der Waals surface area contributed by atoms with Crippen molar-refractivity contribution in [2.75, 3.05) is 24.7 Å². The van der Waals surface area contributed by atoms with Gasteiger partial charge in [-0.1, -0.05) is 13.8 Å². The molecular weight excluding hydrogens is 345 g/mol. The van der Waals surface area contributed by atoms with Crippen LogP contribution in [0.3, 0.4) is 0 Å². The maximum absolute atomic E-state index is 12.7. The number of nitrogens with one attached hydrogen (secondary N) is 1. The number of anilines is 1. The van der Waals surface area contributed by atoms with Crippen LogP contribution in [0.4, 0.5) is 15.8 Å². The predicted molar refractivity (Wildman–Crippen MR) is 93.1 cm³/mol. The van der Waals surface area contributed by atoms with Crippen LogP contribution in [0.25, 0.3) is 0 Å². The lowest BCUT2D eigenvalue weighted by molar-refractivity contribution is -0.384. The second-order valence-electron chi connectivity index (χ2n) is 6.83. The number of halogens is 1. The Morgan fingerprint density at radius 1 is 1.38 bits per heavy atom. The minimum absolute atomic E-state index is 0.0849. The molecule has 1 aromatic rings. The summed E-state index contributed by atoms with van der Waals surface area (Å²) in [5.41, 5.74) is 0.106. The van der Waals surface area contributed by atoms with Crippen molar-refractivity contribution in [3.8, 4) is 0 Å². The van der Waals surface area contributed by atoms with Gasteiger partial charge in [-0.25, -0.2) is 9.18 Å². The number of rotatable bonds is 6. The number of amides is 1. The van der Waals surface area contributed by atoms with Gasteiger partial charge in [0.05, 0.1) is 4.92 Å². The molecule has 0 aromatic heterocycles. The van der Waals surface area contributed by atoms with Gasteiger partial charge in [0.25, 0.3) is 11.6 Å². The fraction of sp³-hybridized carbons (Fsp3) is 0.529. The molecule has 3 unspecified atom stereocenters. The van der Waals surface area contributed by atoms with Gasteiger partial charge in [0, 0.05) is 24.7 Å². The molecule has 1 saturated heterocycles. The summed E-state index contributed by atoms with van der Waals surface area (Å²) in [6, 6.07) is 2.29. The predicted octanol–water partition coefficient (Wildman–Crippen LogP) is 2.23. The Kier molecular flexibility index (Phi) is 6.12. The number of alkyl halides is 1. The Hall–Kier alpha value is -2.71. The number of nitro benzene ring substituents is 1. The van der Waals surface area contributed by atoms with E-state index in [9.17, 15) is 24.1 Å². The van der Waals surface area contributed by atoms with Crippen molar-refractivity contribution < 1.29 is 24.0 Å². The smallest absolute Gasteiger partial charge is 0.328 e. The number of piperidine rings is 1. The van der Waals surface area contributed by atoms with Crippen LogP contribution < -0.4 is 10.2 Å². The molecule has 8 nitrogen and oxygen atoms in total. The van der Waals surface area contributed by atoms with Gasteiger partial charge in [0.2, 0.25) is 0 Å². The fourth-order valence-corrected chi connectivity index (χ4v) is 3.35. The number of carbonyl (C=O) groups excluding carboxylic acids is 1. The van der Waals surface area contributed by atoms with Gasteiger partial charge in [-0.05, 0) is 30.4 Å². The third-order valence-corrected chi connectivity index (χ3v) is 4.40. The quantitative estimate of drug-likeness (QED) is 0.589. The number of nitro groups is 1. The Morgan fingerprint density at radius 2 is 2.00 bits per heavy atom. The summed E-state index contributed by atoms with van der Waals surface area (Å²) in [5.74, 6) is -1.60. The highest BCUT2D eigenvalue weighted by atomic mass is 19.1. The summed E-state index contributed by atoms with van der Waals surface area (Å²) in [7, 11) is 0. The zero-order valence-corrected chi connectivity index (χ0v) is 14.6. The average Bonchev–Trinajstić information content (AvgIpc) is 2.57. The molecule has 1 aliphatic heterocycles. The molecule has 26 heavy (non-hydrogen) atoms. The van der Waals surface area contributed by atoms with Crippen LogP contribution in [0.5, 0.6) is 0 Å². The van der Waals surface area contributed by atoms with Gasteiger partial charge < -0.3 is 15.3 Å². The first-order valence-electron chi connectivity index (χ1n) is 8.36. The first-order valence-corrected chi connectivity index (χ1v) is 8.36. The third kappa shape index (κ3) is 4.47. The second kappa shape index (κ2) is 8.11. The van der Waals surface area contributed by atoms with Crippen molar-refractivity contribution >= 4 is 23.3 Å². The van der Waals surface area contributed by atoms with Crippen molar-refractivity contribution in [2.24, 2.45) is 11.8 Å². The van der Waals surface area contributed by atoms with Crippen LogP contribution in [-0.2, 0) is 4.79 Å². The van der Waals surface area contributed by atoms with Crippen LogP contribution in [0.1, 0.15) is 30.6 Å². The van der Waals surface area contributed by atoms with Crippen LogP contribution in [0.15, 0.2) is 18.2 Å². The van der Waals surface area contributed by atoms with Gasteiger partial charge in [-0.2, -0.15) is 0 Å². The molecule has 0 aliphatic carbocycles. The first kappa shape index (κ1) is 19.6. The number of benzene rings is 1. The largest absolute Gasteiger partial charge is 0.480 e. The molecule has 1 amide bonds. The van der Waals surface area contributed by atoms with Gasteiger partial charge in [0.1, 0.15) is 12.4 Å². The van der Waals surface area contributed by atoms with Crippen molar-refractivity contribution in [1.82, 2.24) is 5.32 Å². The van der Waals surface area contributed by atoms with E-state index in [0.717, 1.165) is 12.5 Å². The van der Waals surface area contributed by atoms with E-state index in [0.29, 0.717) is 30.6 Å². The van der Waals surface area contributed by atoms with Crippen molar-refractivity contribution in [2.45, 2.75) is 26.3 Å². The summed E-state index contributed by atoms with van der Waals surface area (Å²) in [4.78, 5) is 35.8. The molecule has 1 aromatic carbocycles. The van der Waals surface area contributed by atoms with E-state index >= 15 is 0 Å². The van der Waals surface area contributed by atoms with Crippen LogP contribution in [-0.4, -0.2) is 47.7 Å². The molecule has 0 radical (unpaired) electrons. The molecule has 1 fully saturated rings. The number of hydrogen-bond donors (Lipinski definition) is 2. The molecule has 9 heteroatoms. The maximum atomic E-state index is 12.7. The molecule has 1 aliphatic rings. The average molecular weight is 367 g/mol. The summed E-state index contributed by atoms with van der Waals surface area (Å²) < 4.78 is 12.7. The van der Waals surface area contributed by atoms with Gasteiger partial charge in [-0.3, -0.25) is 14.9 Å². The first-order chi connectivity index (χ1) is 12.2. The summed E-state index contributed by atoms with van der Waals surface area (Å²) >= 11 is 0. The minimum Gasteiger partial charge on any atom is -0.480 e. The van der Waals surface area contributed by atoms with E-state index < -0.39 is 29.5 Å². The minimum atomic E-state index is -1.69. The number of aliphatic carboxylic acids is 1. The number of carboxylic acid groups (broad SMARTS) is 1. The van der Waals surface area contributed by atoms with E-state index in [2.05, 4.69) is 13.8 Å². The Morgan fingerprint density at radius 3 is 2.50 bits per heavy atom. The number of hydrogen-bond acceptors (Lipinski definition) is 5. The molecular formula is C17H22FN3O5. The van der Waals surface area contributed by atoms with E-state index in [4.69, 9.17) is 5.11 Å². The normalized spacial score (nSPS) is 21.1. The van der Waals surface area contributed by atoms with Gasteiger partial charge in [-0.15, -0.1) is 0 Å². The van der Waals surface area contributed by atoms with E-state index in [1.54, 1.807) is 0 Å². The zero-order chi connectivity index (χ0) is 19.4. The lowest BCUT2D eigenvalue weighted by atomic mass is 9.91. The third-order valence-electron chi connectivity index (χ3n) is 4.40. The standard InChI is InChI=1S/C17H22FN3O5/c1-10-5-11(2)9-20(8-10)14-4-3-12(6-15(14)21(25)26)16(22)19-13(7-18)17(23)24/h3-4,6,10-11,13H,5,7-9H2,1-2H3,(H,19,22)(H,23,24).